The first kappa shape index (κ1) is 17.9. The van der Waals surface area contributed by atoms with Crippen LogP contribution in [0.15, 0.2) is 54.7 Å². The van der Waals surface area contributed by atoms with Gasteiger partial charge in [-0.2, -0.15) is 5.10 Å². The lowest BCUT2D eigenvalue weighted by Gasteiger charge is -2.09. The van der Waals surface area contributed by atoms with Gasteiger partial charge in [0.25, 0.3) is 5.91 Å². The van der Waals surface area contributed by atoms with E-state index in [-0.39, 0.29) is 11.7 Å². The molecule has 0 aliphatic rings. The summed E-state index contributed by atoms with van der Waals surface area (Å²) in [7, 11) is 0. The van der Waals surface area contributed by atoms with Gasteiger partial charge in [-0.05, 0) is 49.6 Å². The minimum Gasteiger partial charge on any atom is -0.352 e. The molecule has 0 saturated heterocycles. The minimum absolute atomic E-state index is 0.156. The zero-order valence-corrected chi connectivity index (χ0v) is 15.0. The first-order chi connectivity index (χ1) is 12.6. The molecule has 0 unspecified atom stereocenters. The lowest BCUT2D eigenvalue weighted by molar-refractivity contribution is 0.0953. The van der Waals surface area contributed by atoms with Crippen molar-refractivity contribution in [1.82, 2.24) is 15.1 Å². The Bertz CT molecular complexity index is 900. The molecule has 0 spiro atoms. The molecule has 2 aromatic carbocycles. The third kappa shape index (κ3) is 3.99. The van der Waals surface area contributed by atoms with Crippen LogP contribution in [0.25, 0.3) is 5.69 Å². The van der Waals surface area contributed by atoms with Crippen LogP contribution in [-0.4, -0.2) is 22.2 Å². The van der Waals surface area contributed by atoms with Crippen molar-refractivity contribution < 1.29 is 9.18 Å². The second kappa shape index (κ2) is 7.95. The van der Waals surface area contributed by atoms with Crippen LogP contribution in [0.3, 0.4) is 0 Å². The van der Waals surface area contributed by atoms with E-state index in [2.05, 4.69) is 10.4 Å². The Kier molecular flexibility index (Phi) is 5.46. The summed E-state index contributed by atoms with van der Waals surface area (Å²) in [6, 6.07) is 14.5. The van der Waals surface area contributed by atoms with Gasteiger partial charge in [0.2, 0.25) is 0 Å². The highest BCUT2D eigenvalue weighted by Gasteiger charge is 2.16. The molecule has 4 nitrogen and oxygen atoms in total. The maximum Gasteiger partial charge on any atom is 0.254 e. The van der Waals surface area contributed by atoms with Gasteiger partial charge in [0, 0.05) is 6.54 Å². The average molecular weight is 351 g/mol. The Balaban J connectivity index is 1.70. The van der Waals surface area contributed by atoms with Crippen molar-refractivity contribution in [3.8, 4) is 5.69 Å². The van der Waals surface area contributed by atoms with Crippen LogP contribution in [0.5, 0.6) is 0 Å². The third-order valence-corrected chi connectivity index (χ3v) is 4.32. The highest BCUT2D eigenvalue weighted by molar-refractivity contribution is 5.95. The summed E-state index contributed by atoms with van der Waals surface area (Å²) in [5.41, 5.74) is 4.42. The van der Waals surface area contributed by atoms with E-state index in [0.29, 0.717) is 24.9 Å². The van der Waals surface area contributed by atoms with Crippen molar-refractivity contribution in [3.05, 3.63) is 82.9 Å². The van der Waals surface area contributed by atoms with E-state index in [0.717, 1.165) is 16.9 Å². The number of amides is 1. The van der Waals surface area contributed by atoms with E-state index in [1.165, 1.54) is 17.7 Å². The molecule has 0 aliphatic heterocycles. The fourth-order valence-corrected chi connectivity index (χ4v) is 2.92. The monoisotopic (exact) mass is 351 g/mol. The quantitative estimate of drug-likeness (QED) is 0.733. The maximum atomic E-state index is 13.2. The number of carbonyl (C=O) groups excluding carboxylic acids is 1. The van der Waals surface area contributed by atoms with Gasteiger partial charge < -0.3 is 5.32 Å². The second-order valence-electron chi connectivity index (χ2n) is 6.24. The van der Waals surface area contributed by atoms with Crippen molar-refractivity contribution >= 4 is 5.91 Å². The summed E-state index contributed by atoms with van der Waals surface area (Å²) in [5.74, 6) is -0.418. The summed E-state index contributed by atoms with van der Waals surface area (Å²) >= 11 is 0. The van der Waals surface area contributed by atoms with Crippen LogP contribution in [0.1, 0.15) is 34.1 Å². The Labute approximate surface area is 152 Å². The normalized spacial score (nSPS) is 10.7. The number of hydrogen-bond donors (Lipinski definition) is 1. The summed E-state index contributed by atoms with van der Waals surface area (Å²) in [5, 5.41) is 7.29. The molecule has 0 aliphatic carbocycles. The van der Waals surface area contributed by atoms with Gasteiger partial charge in [-0.25, -0.2) is 9.07 Å². The third-order valence-electron chi connectivity index (χ3n) is 4.32. The number of nitrogens with one attached hydrogen (secondary N) is 1. The van der Waals surface area contributed by atoms with E-state index in [1.54, 1.807) is 16.9 Å². The van der Waals surface area contributed by atoms with Crippen LogP contribution in [0, 0.1) is 12.7 Å². The standard InChI is InChI=1S/C21H22FN3O/c1-3-20-19(14-24-25(20)18-9-7-15(2)8-10-18)21(26)23-12-11-16-5-4-6-17(22)13-16/h4-10,13-14H,3,11-12H2,1-2H3,(H,23,26). The Morgan fingerprint density at radius 2 is 1.96 bits per heavy atom. The molecule has 5 heteroatoms. The Morgan fingerprint density at radius 1 is 1.19 bits per heavy atom. The smallest absolute Gasteiger partial charge is 0.254 e. The Hall–Kier alpha value is -2.95. The van der Waals surface area contributed by atoms with Gasteiger partial charge in [0.05, 0.1) is 23.1 Å². The molecule has 1 aromatic heterocycles. The van der Waals surface area contributed by atoms with Crippen molar-refractivity contribution in [3.63, 3.8) is 0 Å². The SMILES string of the molecule is CCc1c(C(=O)NCCc2cccc(F)c2)cnn1-c1ccc(C)cc1. The van der Waals surface area contributed by atoms with Crippen molar-refractivity contribution in [1.29, 1.82) is 0 Å². The molecule has 26 heavy (non-hydrogen) atoms. The molecule has 3 aromatic rings. The largest absolute Gasteiger partial charge is 0.352 e. The number of halogens is 1. The summed E-state index contributed by atoms with van der Waals surface area (Å²) in [4.78, 5) is 12.5. The first-order valence-electron chi connectivity index (χ1n) is 8.75. The zero-order valence-electron chi connectivity index (χ0n) is 15.0. The molecule has 1 heterocycles. The molecular weight excluding hydrogens is 329 g/mol. The lowest BCUT2D eigenvalue weighted by Crippen LogP contribution is -2.26. The van der Waals surface area contributed by atoms with Crippen molar-refractivity contribution in [2.24, 2.45) is 0 Å². The number of hydrogen-bond acceptors (Lipinski definition) is 2. The fourth-order valence-electron chi connectivity index (χ4n) is 2.92. The van der Waals surface area contributed by atoms with Crippen LogP contribution >= 0.6 is 0 Å². The van der Waals surface area contributed by atoms with Crippen LogP contribution in [-0.2, 0) is 12.8 Å². The number of benzene rings is 2. The summed E-state index contributed by atoms with van der Waals surface area (Å²) in [6.07, 6.45) is 2.88. The molecule has 0 fully saturated rings. The molecule has 0 atom stereocenters. The van der Waals surface area contributed by atoms with Gasteiger partial charge in [-0.15, -0.1) is 0 Å². The van der Waals surface area contributed by atoms with Gasteiger partial charge in [0.1, 0.15) is 5.82 Å². The van der Waals surface area contributed by atoms with Crippen LogP contribution in [0.4, 0.5) is 4.39 Å². The van der Waals surface area contributed by atoms with Gasteiger partial charge in [-0.1, -0.05) is 36.8 Å². The number of rotatable bonds is 6. The second-order valence-corrected chi connectivity index (χ2v) is 6.24. The molecule has 0 saturated carbocycles. The first-order valence-corrected chi connectivity index (χ1v) is 8.75. The number of aryl methyl sites for hydroxylation is 1. The van der Waals surface area contributed by atoms with E-state index in [1.807, 2.05) is 44.2 Å². The molecule has 3 rings (SSSR count). The number of aromatic nitrogens is 2. The van der Waals surface area contributed by atoms with E-state index in [9.17, 15) is 9.18 Å². The maximum absolute atomic E-state index is 13.2. The van der Waals surface area contributed by atoms with Crippen molar-refractivity contribution in [2.75, 3.05) is 6.54 Å². The molecule has 0 radical (unpaired) electrons. The van der Waals surface area contributed by atoms with Gasteiger partial charge in [-0.3, -0.25) is 4.79 Å². The van der Waals surface area contributed by atoms with Crippen LogP contribution < -0.4 is 5.32 Å². The van der Waals surface area contributed by atoms with Gasteiger partial charge in [0.15, 0.2) is 0 Å². The molecule has 134 valence electrons. The van der Waals surface area contributed by atoms with Gasteiger partial charge >= 0.3 is 0 Å². The highest BCUT2D eigenvalue weighted by Crippen LogP contribution is 2.16. The number of nitrogens with zero attached hydrogens (tertiary/aromatic N) is 2. The van der Waals surface area contributed by atoms with E-state index < -0.39 is 0 Å². The molecule has 0 bridgehead atoms. The Morgan fingerprint density at radius 3 is 2.65 bits per heavy atom. The minimum atomic E-state index is -0.263. The fraction of sp³-hybridized carbons (Fsp3) is 0.238. The summed E-state index contributed by atoms with van der Waals surface area (Å²) < 4.78 is 15.0. The topological polar surface area (TPSA) is 46.9 Å². The zero-order chi connectivity index (χ0) is 18.5. The molecule has 1 N–H and O–H groups in total. The summed E-state index contributed by atoms with van der Waals surface area (Å²) in [6.45, 7) is 4.48. The molecule has 1 amide bonds. The van der Waals surface area contributed by atoms with Crippen LogP contribution in [0.2, 0.25) is 0 Å². The highest BCUT2D eigenvalue weighted by atomic mass is 19.1. The lowest BCUT2D eigenvalue weighted by atomic mass is 10.1. The predicted octanol–water partition coefficient (Wildman–Crippen LogP) is 3.85. The van der Waals surface area contributed by atoms with Crippen molar-refractivity contribution in [2.45, 2.75) is 26.7 Å². The molecular formula is C21H22FN3O. The average Bonchev–Trinajstić information content (AvgIpc) is 3.06. The van der Waals surface area contributed by atoms with E-state index in [4.69, 9.17) is 0 Å². The predicted molar refractivity (Wildman–Crippen MR) is 100 cm³/mol. The van der Waals surface area contributed by atoms with E-state index >= 15 is 0 Å². The number of carbonyl (C=O) groups is 1.